The van der Waals surface area contributed by atoms with Crippen molar-refractivity contribution in [1.82, 2.24) is 14.9 Å². The third kappa shape index (κ3) is 5.83. The van der Waals surface area contributed by atoms with E-state index in [9.17, 15) is 18.0 Å². The minimum absolute atomic E-state index is 0.158. The van der Waals surface area contributed by atoms with Crippen LogP contribution in [0.5, 0.6) is 0 Å². The average molecular weight is 426 g/mol. The Balaban J connectivity index is 2.30. The van der Waals surface area contributed by atoms with E-state index in [4.69, 9.17) is 0 Å². The molecule has 0 atom stereocenters. The van der Waals surface area contributed by atoms with Crippen molar-refractivity contribution in [2.24, 2.45) is 0 Å². The highest BCUT2D eigenvalue weighted by atomic mass is 32.2. The quantitative estimate of drug-likeness (QED) is 0.583. The molecule has 1 aliphatic heterocycles. The van der Waals surface area contributed by atoms with Gasteiger partial charge in [-0.25, -0.2) is 13.2 Å². The van der Waals surface area contributed by atoms with Gasteiger partial charge in [-0.3, -0.25) is 10.1 Å². The lowest BCUT2D eigenvalue weighted by atomic mass is 10.2. The van der Waals surface area contributed by atoms with Crippen LogP contribution in [0, 0.1) is 0 Å². The van der Waals surface area contributed by atoms with Gasteiger partial charge in [0.05, 0.1) is 22.8 Å². The Bertz CT molecular complexity index is 818. The molecule has 0 unspecified atom stereocenters. The number of piperidine rings is 1. The summed E-state index contributed by atoms with van der Waals surface area (Å²) in [6.45, 7) is 6.36. The largest absolute Gasteiger partial charge is 0.374 e. The van der Waals surface area contributed by atoms with Gasteiger partial charge in [-0.1, -0.05) is 6.42 Å². The van der Waals surface area contributed by atoms with Crippen LogP contribution in [-0.2, 0) is 14.8 Å². The first-order valence-corrected chi connectivity index (χ1v) is 11.4. The van der Waals surface area contributed by atoms with Crippen molar-refractivity contribution in [3.05, 3.63) is 18.2 Å². The Morgan fingerprint density at radius 2 is 1.76 bits per heavy atom. The van der Waals surface area contributed by atoms with Crippen molar-refractivity contribution in [2.75, 3.05) is 50.0 Å². The highest BCUT2D eigenvalue weighted by molar-refractivity contribution is 7.89. The molecule has 10 heteroatoms. The third-order valence-electron chi connectivity index (χ3n) is 4.94. The molecule has 0 saturated carbocycles. The number of nitrogens with zero attached hydrogens (tertiary/aromatic N) is 2. The second-order valence-corrected chi connectivity index (χ2v) is 8.73. The second-order valence-electron chi connectivity index (χ2n) is 6.80. The molecule has 1 heterocycles. The Morgan fingerprint density at radius 3 is 2.34 bits per heavy atom. The van der Waals surface area contributed by atoms with Gasteiger partial charge in [0, 0.05) is 33.2 Å². The van der Waals surface area contributed by atoms with E-state index in [1.54, 1.807) is 18.2 Å². The SMILES string of the molecule is CCN(CC)c1ccc(S(=O)(=O)N2CCCCC2)cc1NCC(=O)NC(=O)NC. The Hall–Kier alpha value is -2.33. The lowest BCUT2D eigenvalue weighted by Crippen LogP contribution is -2.40. The van der Waals surface area contributed by atoms with Gasteiger partial charge in [-0.2, -0.15) is 4.31 Å². The monoisotopic (exact) mass is 425 g/mol. The fourth-order valence-corrected chi connectivity index (χ4v) is 4.86. The lowest BCUT2D eigenvalue weighted by Gasteiger charge is -2.28. The molecule has 1 aromatic rings. The fraction of sp³-hybridized carbons (Fsp3) is 0.579. The number of carbonyl (C=O) groups excluding carboxylic acids is 2. The van der Waals surface area contributed by atoms with Gasteiger partial charge in [0.2, 0.25) is 15.9 Å². The second kappa shape index (κ2) is 10.4. The smallest absolute Gasteiger partial charge is 0.321 e. The molecule has 0 aliphatic carbocycles. The maximum atomic E-state index is 13.0. The average Bonchev–Trinajstić information content (AvgIpc) is 2.74. The number of amides is 3. The van der Waals surface area contributed by atoms with Gasteiger partial charge >= 0.3 is 6.03 Å². The summed E-state index contributed by atoms with van der Waals surface area (Å²) in [5, 5.41) is 7.49. The number of benzene rings is 1. The van der Waals surface area contributed by atoms with Crippen molar-refractivity contribution >= 4 is 33.3 Å². The molecule has 1 aromatic carbocycles. The standard InChI is InChI=1S/C19H31N5O4S/c1-4-23(5-2)17-10-9-15(29(27,28)24-11-7-6-8-12-24)13-16(17)21-14-18(25)22-19(26)20-3/h9-10,13,21H,4-8,11-12,14H2,1-3H3,(H2,20,22,25,26). The van der Waals surface area contributed by atoms with E-state index in [1.807, 2.05) is 13.8 Å². The highest BCUT2D eigenvalue weighted by Gasteiger charge is 2.27. The predicted octanol–water partition coefficient (Wildman–Crippen LogP) is 1.57. The molecule has 0 spiro atoms. The summed E-state index contributed by atoms with van der Waals surface area (Å²) >= 11 is 0. The van der Waals surface area contributed by atoms with E-state index in [0.29, 0.717) is 18.8 Å². The molecular weight excluding hydrogens is 394 g/mol. The van der Waals surface area contributed by atoms with E-state index in [-0.39, 0.29) is 11.4 Å². The number of hydrogen-bond donors (Lipinski definition) is 3. The van der Waals surface area contributed by atoms with Crippen LogP contribution >= 0.6 is 0 Å². The minimum Gasteiger partial charge on any atom is -0.374 e. The van der Waals surface area contributed by atoms with E-state index >= 15 is 0 Å². The van der Waals surface area contributed by atoms with Crippen molar-refractivity contribution in [3.63, 3.8) is 0 Å². The van der Waals surface area contributed by atoms with Crippen LogP contribution in [0.2, 0.25) is 0 Å². The Kier molecular flexibility index (Phi) is 8.27. The first-order valence-electron chi connectivity index (χ1n) is 9.98. The molecule has 9 nitrogen and oxygen atoms in total. The molecule has 29 heavy (non-hydrogen) atoms. The van der Waals surface area contributed by atoms with Gasteiger partial charge in [-0.15, -0.1) is 0 Å². The summed E-state index contributed by atoms with van der Waals surface area (Å²) in [6.07, 6.45) is 2.77. The number of rotatable bonds is 8. The number of imide groups is 1. The number of sulfonamides is 1. The summed E-state index contributed by atoms with van der Waals surface area (Å²) in [6, 6.07) is 4.36. The van der Waals surface area contributed by atoms with Crippen molar-refractivity contribution in [1.29, 1.82) is 0 Å². The van der Waals surface area contributed by atoms with Crippen molar-refractivity contribution < 1.29 is 18.0 Å². The van der Waals surface area contributed by atoms with E-state index in [2.05, 4.69) is 20.9 Å². The first-order chi connectivity index (χ1) is 13.8. The Morgan fingerprint density at radius 1 is 1.10 bits per heavy atom. The molecule has 1 fully saturated rings. The van der Waals surface area contributed by atoms with Crippen molar-refractivity contribution in [3.8, 4) is 0 Å². The third-order valence-corrected chi connectivity index (χ3v) is 6.84. The maximum absolute atomic E-state index is 13.0. The molecule has 2 rings (SSSR count). The molecular formula is C19H31N5O4S. The van der Waals surface area contributed by atoms with Crippen LogP contribution in [0.3, 0.4) is 0 Å². The molecule has 1 aliphatic rings. The lowest BCUT2D eigenvalue weighted by molar-refractivity contribution is -0.118. The number of urea groups is 1. The Labute approximate surface area is 172 Å². The molecule has 0 radical (unpaired) electrons. The minimum atomic E-state index is -3.59. The van der Waals surface area contributed by atoms with Crippen LogP contribution in [0.1, 0.15) is 33.1 Å². The zero-order valence-corrected chi connectivity index (χ0v) is 18.1. The number of anilines is 2. The predicted molar refractivity (Wildman–Crippen MR) is 114 cm³/mol. The summed E-state index contributed by atoms with van der Waals surface area (Å²) in [4.78, 5) is 25.5. The summed E-state index contributed by atoms with van der Waals surface area (Å²) < 4.78 is 27.6. The zero-order valence-electron chi connectivity index (χ0n) is 17.3. The molecule has 0 bridgehead atoms. The zero-order chi connectivity index (χ0) is 21.4. The first kappa shape index (κ1) is 23.0. The topological polar surface area (TPSA) is 111 Å². The maximum Gasteiger partial charge on any atom is 0.321 e. The van der Waals surface area contributed by atoms with Gasteiger partial charge in [0.25, 0.3) is 0 Å². The number of nitrogens with one attached hydrogen (secondary N) is 3. The van der Waals surface area contributed by atoms with Crippen LogP contribution < -0.4 is 20.9 Å². The van der Waals surface area contributed by atoms with Crippen LogP contribution in [-0.4, -0.2) is 64.4 Å². The molecule has 3 amide bonds. The van der Waals surface area contributed by atoms with E-state index < -0.39 is 22.0 Å². The summed E-state index contributed by atoms with van der Waals surface area (Å²) in [5.41, 5.74) is 1.35. The summed E-state index contributed by atoms with van der Waals surface area (Å²) in [5.74, 6) is -0.515. The van der Waals surface area contributed by atoms with Gasteiger partial charge < -0.3 is 15.5 Å². The van der Waals surface area contributed by atoms with Crippen LogP contribution in [0.15, 0.2) is 23.1 Å². The summed E-state index contributed by atoms with van der Waals surface area (Å²) in [7, 11) is -2.17. The number of carbonyl (C=O) groups is 2. The van der Waals surface area contributed by atoms with Gasteiger partial charge in [0.1, 0.15) is 0 Å². The van der Waals surface area contributed by atoms with E-state index in [0.717, 1.165) is 38.0 Å². The fourth-order valence-electron chi connectivity index (χ4n) is 3.32. The normalized spacial score (nSPS) is 14.9. The van der Waals surface area contributed by atoms with Gasteiger partial charge in [-0.05, 0) is 44.9 Å². The van der Waals surface area contributed by atoms with E-state index in [1.165, 1.54) is 11.4 Å². The molecule has 3 N–H and O–H groups in total. The number of hydrogen-bond acceptors (Lipinski definition) is 6. The highest BCUT2D eigenvalue weighted by Crippen LogP contribution is 2.31. The van der Waals surface area contributed by atoms with Crippen molar-refractivity contribution in [2.45, 2.75) is 38.0 Å². The van der Waals surface area contributed by atoms with Gasteiger partial charge in [0.15, 0.2) is 0 Å². The van der Waals surface area contributed by atoms with Crippen LogP contribution in [0.25, 0.3) is 0 Å². The molecule has 1 saturated heterocycles. The molecule has 0 aromatic heterocycles. The molecule has 162 valence electrons. The van der Waals surface area contributed by atoms with Crippen LogP contribution in [0.4, 0.5) is 16.2 Å².